The molecule has 0 aromatic heterocycles. The van der Waals surface area contributed by atoms with Crippen LogP contribution in [0.5, 0.6) is 0 Å². The van der Waals surface area contributed by atoms with E-state index >= 15 is 0 Å². The summed E-state index contributed by atoms with van der Waals surface area (Å²) in [6.07, 6.45) is 6.56. The van der Waals surface area contributed by atoms with Gasteiger partial charge in [0.05, 0.1) is 6.61 Å². The van der Waals surface area contributed by atoms with Crippen molar-refractivity contribution in [3.05, 3.63) is 0 Å². The molecule has 2 fully saturated rings. The van der Waals surface area contributed by atoms with E-state index in [0.29, 0.717) is 0 Å². The molecule has 2 aliphatic heterocycles. The van der Waals surface area contributed by atoms with Crippen molar-refractivity contribution in [2.45, 2.75) is 51.5 Å². The van der Waals surface area contributed by atoms with E-state index in [-0.39, 0.29) is 12.1 Å². The van der Waals surface area contributed by atoms with Crippen LogP contribution in [0.4, 0.5) is 0 Å². The lowest BCUT2D eigenvalue weighted by molar-refractivity contribution is 0.119. The van der Waals surface area contributed by atoms with Crippen LogP contribution in [0.25, 0.3) is 0 Å². The van der Waals surface area contributed by atoms with Crippen LogP contribution >= 0.6 is 0 Å². The van der Waals surface area contributed by atoms with E-state index in [1.165, 1.54) is 58.4 Å². The van der Waals surface area contributed by atoms with Gasteiger partial charge in [0, 0.05) is 12.1 Å². The van der Waals surface area contributed by atoms with Crippen molar-refractivity contribution in [1.82, 2.24) is 15.1 Å². The molecular formula is C17H35N3O. The first kappa shape index (κ1) is 17.2. The van der Waals surface area contributed by atoms with Crippen LogP contribution in [0.15, 0.2) is 0 Å². The summed E-state index contributed by atoms with van der Waals surface area (Å²) in [7, 11) is 0. The molecule has 21 heavy (non-hydrogen) atoms. The van der Waals surface area contributed by atoms with Gasteiger partial charge in [0.15, 0.2) is 0 Å². The maximum absolute atomic E-state index is 9.56. The summed E-state index contributed by atoms with van der Waals surface area (Å²) in [6.45, 7) is 13.0. The van der Waals surface area contributed by atoms with Gasteiger partial charge in [-0.05, 0) is 84.2 Å². The van der Waals surface area contributed by atoms with Crippen molar-refractivity contribution in [2.75, 3.05) is 52.4 Å². The van der Waals surface area contributed by atoms with E-state index in [2.05, 4.69) is 29.0 Å². The Bertz CT molecular complexity index is 286. The molecule has 0 aromatic rings. The van der Waals surface area contributed by atoms with Gasteiger partial charge < -0.3 is 20.2 Å². The molecule has 1 unspecified atom stereocenters. The van der Waals surface area contributed by atoms with Crippen LogP contribution in [0.1, 0.15) is 46.0 Å². The summed E-state index contributed by atoms with van der Waals surface area (Å²) in [5.41, 5.74) is -0.110. The van der Waals surface area contributed by atoms with Crippen molar-refractivity contribution in [3.8, 4) is 0 Å². The number of nitrogens with zero attached hydrogens (tertiary/aromatic N) is 2. The van der Waals surface area contributed by atoms with Crippen molar-refractivity contribution in [2.24, 2.45) is 5.92 Å². The highest BCUT2D eigenvalue weighted by Gasteiger charge is 2.26. The molecule has 1 atom stereocenters. The molecule has 124 valence electrons. The van der Waals surface area contributed by atoms with Gasteiger partial charge in [-0.2, -0.15) is 0 Å². The third-order valence-corrected chi connectivity index (χ3v) is 5.35. The molecular weight excluding hydrogens is 262 g/mol. The Morgan fingerprint density at radius 3 is 2.33 bits per heavy atom. The summed E-state index contributed by atoms with van der Waals surface area (Å²) >= 11 is 0. The standard InChI is InChI=1S/C17H35N3O/c1-3-18-17(2,15-21)8-13-19-11-6-16(7-12-19)14-20-9-4-5-10-20/h16,18,21H,3-15H2,1-2H3. The van der Waals surface area contributed by atoms with Gasteiger partial charge in [-0.15, -0.1) is 0 Å². The normalized spacial score (nSPS) is 25.3. The highest BCUT2D eigenvalue weighted by Crippen LogP contribution is 2.21. The third-order valence-electron chi connectivity index (χ3n) is 5.35. The minimum atomic E-state index is -0.110. The molecule has 0 spiro atoms. The SMILES string of the molecule is CCNC(C)(CO)CCN1CCC(CN2CCCC2)CC1. The number of likely N-dealkylation sites (N-methyl/N-ethyl adjacent to an activating group) is 1. The fourth-order valence-corrected chi connectivity index (χ4v) is 3.78. The lowest BCUT2D eigenvalue weighted by Crippen LogP contribution is -2.48. The summed E-state index contributed by atoms with van der Waals surface area (Å²) in [5.74, 6) is 0.914. The first-order chi connectivity index (χ1) is 10.1. The Labute approximate surface area is 130 Å². The molecule has 2 rings (SSSR count). The quantitative estimate of drug-likeness (QED) is 0.713. The molecule has 2 heterocycles. The van der Waals surface area contributed by atoms with Crippen molar-refractivity contribution < 1.29 is 5.11 Å². The Kier molecular flexibility index (Phi) is 6.93. The molecule has 4 nitrogen and oxygen atoms in total. The van der Waals surface area contributed by atoms with Gasteiger partial charge in [-0.1, -0.05) is 6.92 Å². The topological polar surface area (TPSA) is 38.7 Å². The van der Waals surface area contributed by atoms with Crippen molar-refractivity contribution in [1.29, 1.82) is 0 Å². The Morgan fingerprint density at radius 1 is 1.10 bits per heavy atom. The minimum absolute atomic E-state index is 0.110. The van der Waals surface area contributed by atoms with Crippen molar-refractivity contribution in [3.63, 3.8) is 0 Å². The monoisotopic (exact) mass is 297 g/mol. The average molecular weight is 297 g/mol. The second kappa shape index (κ2) is 8.47. The number of hydrogen-bond donors (Lipinski definition) is 2. The van der Waals surface area contributed by atoms with E-state index in [0.717, 1.165) is 25.4 Å². The van der Waals surface area contributed by atoms with E-state index in [1.54, 1.807) is 0 Å². The lowest BCUT2D eigenvalue weighted by Gasteiger charge is -2.36. The van der Waals surface area contributed by atoms with Gasteiger partial charge in [-0.25, -0.2) is 0 Å². The molecule has 0 radical (unpaired) electrons. The smallest absolute Gasteiger partial charge is 0.0611 e. The number of hydrogen-bond acceptors (Lipinski definition) is 4. The van der Waals surface area contributed by atoms with Crippen LogP contribution in [-0.4, -0.2) is 72.9 Å². The van der Waals surface area contributed by atoms with Crippen LogP contribution in [0.2, 0.25) is 0 Å². The molecule has 0 aliphatic carbocycles. The average Bonchev–Trinajstić information content (AvgIpc) is 3.00. The molecule has 0 saturated carbocycles. The summed E-state index contributed by atoms with van der Waals surface area (Å²) in [6, 6.07) is 0. The molecule has 0 bridgehead atoms. The van der Waals surface area contributed by atoms with Gasteiger partial charge in [0.25, 0.3) is 0 Å². The third kappa shape index (κ3) is 5.51. The van der Waals surface area contributed by atoms with Gasteiger partial charge in [-0.3, -0.25) is 0 Å². The minimum Gasteiger partial charge on any atom is -0.394 e. The Balaban J connectivity index is 1.64. The molecule has 2 aliphatic rings. The fraction of sp³-hybridized carbons (Fsp3) is 1.00. The number of nitrogens with one attached hydrogen (secondary N) is 1. The molecule has 2 N–H and O–H groups in total. The summed E-state index contributed by atoms with van der Waals surface area (Å²) in [4.78, 5) is 5.25. The zero-order chi connectivity index (χ0) is 15.1. The predicted molar refractivity (Wildman–Crippen MR) is 88.6 cm³/mol. The second-order valence-corrected chi connectivity index (χ2v) is 7.29. The number of aliphatic hydroxyl groups is 1. The molecule has 0 amide bonds. The van der Waals surface area contributed by atoms with E-state index in [1.807, 2.05) is 0 Å². The van der Waals surface area contributed by atoms with Crippen LogP contribution < -0.4 is 5.32 Å². The van der Waals surface area contributed by atoms with E-state index in [4.69, 9.17) is 0 Å². The van der Waals surface area contributed by atoms with E-state index < -0.39 is 0 Å². The predicted octanol–water partition coefficient (Wildman–Crippen LogP) is 1.54. The summed E-state index contributed by atoms with van der Waals surface area (Å²) < 4.78 is 0. The van der Waals surface area contributed by atoms with Crippen LogP contribution in [0, 0.1) is 5.92 Å². The number of rotatable bonds is 8. The number of aliphatic hydroxyl groups excluding tert-OH is 1. The lowest BCUT2D eigenvalue weighted by atomic mass is 9.94. The Morgan fingerprint density at radius 2 is 1.76 bits per heavy atom. The molecule has 2 saturated heterocycles. The van der Waals surface area contributed by atoms with Gasteiger partial charge >= 0.3 is 0 Å². The highest BCUT2D eigenvalue weighted by molar-refractivity contribution is 4.84. The first-order valence-electron chi connectivity index (χ1n) is 8.96. The molecule has 4 heteroatoms. The van der Waals surface area contributed by atoms with Crippen LogP contribution in [-0.2, 0) is 0 Å². The molecule has 0 aromatic carbocycles. The zero-order valence-electron chi connectivity index (χ0n) is 14.1. The largest absolute Gasteiger partial charge is 0.394 e. The Hall–Kier alpha value is -0.160. The van der Waals surface area contributed by atoms with Crippen molar-refractivity contribution >= 4 is 0 Å². The fourth-order valence-electron chi connectivity index (χ4n) is 3.78. The number of likely N-dealkylation sites (tertiary alicyclic amines) is 2. The maximum Gasteiger partial charge on any atom is 0.0611 e. The van der Waals surface area contributed by atoms with Crippen LogP contribution in [0.3, 0.4) is 0 Å². The van der Waals surface area contributed by atoms with Gasteiger partial charge in [0.1, 0.15) is 0 Å². The summed E-state index contributed by atoms with van der Waals surface area (Å²) in [5, 5.41) is 13.0. The highest BCUT2D eigenvalue weighted by atomic mass is 16.3. The van der Waals surface area contributed by atoms with Gasteiger partial charge in [0.2, 0.25) is 0 Å². The second-order valence-electron chi connectivity index (χ2n) is 7.29. The number of piperidine rings is 1. The van der Waals surface area contributed by atoms with E-state index in [9.17, 15) is 5.11 Å². The zero-order valence-corrected chi connectivity index (χ0v) is 14.1. The first-order valence-corrected chi connectivity index (χ1v) is 8.96. The maximum atomic E-state index is 9.56.